The number of carbonyl (C=O) groups is 2. The summed E-state index contributed by atoms with van der Waals surface area (Å²) in [5, 5.41) is 0.400. The fourth-order valence-electron chi connectivity index (χ4n) is 3.38. The minimum atomic E-state index is -0.461. The number of pyridine rings is 1. The van der Waals surface area contributed by atoms with E-state index in [4.69, 9.17) is 4.74 Å². The third kappa shape index (κ3) is 3.71. The third-order valence-electron chi connectivity index (χ3n) is 4.89. The van der Waals surface area contributed by atoms with Gasteiger partial charge in [0.2, 0.25) is 5.91 Å². The van der Waals surface area contributed by atoms with Crippen LogP contribution in [0.4, 0.5) is 4.39 Å². The fourth-order valence-corrected chi connectivity index (χ4v) is 3.38. The van der Waals surface area contributed by atoms with E-state index in [1.807, 2.05) is 17.0 Å². The van der Waals surface area contributed by atoms with Crippen LogP contribution in [-0.4, -0.2) is 28.3 Å². The van der Waals surface area contributed by atoms with Crippen LogP contribution in [0.15, 0.2) is 54.7 Å². The lowest BCUT2D eigenvalue weighted by Gasteiger charge is -2.15. The van der Waals surface area contributed by atoms with Crippen LogP contribution in [-0.2, 0) is 22.7 Å². The van der Waals surface area contributed by atoms with Crippen molar-refractivity contribution in [1.29, 1.82) is 0 Å². The van der Waals surface area contributed by atoms with Gasteiger partial charge in [-0.25, -0.2) is 9.18 Å². The lowest BCUT2D eigenvalue weighted by Crippen LogP contribution is -2.23. The van der Waals surface area contributed by atoms with Crippen LogP contribution < -0.4 is 0 Å². The van der Waals surface area contributed by atoms with Gasteiger partial charge in [-0.05, 0) is 42.3 Å². The molecule has 1 saturated heterocycles. The Labute approximate surface area is 161 Å². The molecule has 142 valence electrons. The van der Waals surface area contributed by atoms with Crippen LogP contribution in [0.25, 0.3) is 10.9 Å². The molecule has 1 amide bonds. The summed E-state index contributed by atoms with van der Waals surface area (Å²) < 4.78 is 19.3. The Morgan fingerprint density at radius 2 is 1.96 bits per heavy atom. The van der Waals surface area contributed by atoms with Gasteiger partial charge in [0.1, 0.15) is 12.4 Å². The molecule has 6 heteroatoms. The monoisotopic (exact) mass is 378 g/mol. The second-order valence-corrected chi connectivity index (χ2v) is 6.80. The molecule has 2 aromatic carbocycles. The summed E-state index contributed by atoms with van der Waals surface area (Å²) in [6.45, 7) is 1.35. The van der Waals surface area contributed by atoms with Crippen molar-refractivity contribution in [2.45, 2.75) is 26.0 Å². The van der Waals surface area contributed by atoms with Crippen molar-refractivity contribution in [3.8, 4) is 0 Å². The second kappa shape index (κ2) is 7.76. The van der Waals surface area contributed by atoms with E-state index in [0.29, 0.717) is 35.0 Å². The maximum absolute atomic E-state index is 13.9. The molecule has 1 aromatic heterocycles. The lowest BCUT2D eigenvalue weighted by atomic mass is 10.1. The molecule has 0 spiro atoms. The van der Waals surface area contributed by atoms with Crippen LogP contribution in [0.1, 0.15) is 34.3 Å². The van der Waals surface area contributed by atoms with E-state index in [0.717, 1.165) is 18.5 Å². The molecule has 0 N–H and O–H groups in total. The smallest absolute Gasteiger partial charge is 0.338 e. The summed E-state index contributed by atoms with van der Waals surface area (Å²) in [7, 11) is 0. The molecule has 28 heavy (non-hydrogen) atoms. The van der Waals surface area contributed by atoms with Gasteiger partial charge in [0.15, 0.2) is 0 Å². The molecule has 4 rings (SSSR count). The third-order valence-corrected chi connectivity index (χ3v) is 4.89. The van der Waals surface area contributed by atoms with E-state index >= 15 is 0 Å². The molecule has 1 aliphatic heterocycles. The zero-order valence-corrected chi connectivity index (χ0v) is 15.2. The van der Waals surface area contributed by atoms with E-state index in [1.54, 1.807) is 36.5 Å². The van der Waals surface area contributed by atoms with Gasteiger partial charge in [0.05, 0.1) is 11.1 Å². The molecule has 0 unspecified atom stereocenters. The summed E-state index contributed by atoms with van der Waals surface area (Å²) in [6.07, 6.45) is 3.09. The van der Waals surface area contributed by atoms with Gasteiger partial charge in [-0.15, -0.1) is 0 Å². The van der Waals surface area contributed by atoms with Gasteiger partial charge in [-0.3, -0.25) is 9.78 Å². The van der Waals surface area contributed by atoms with Gasteiger partial charge in [-0.2, -0.15) is 0 Å². The molecule has 2 heterocycles. The summed E-state index contributed by atoms with van der Waals surface area (Å²) in [5.41, 5.74) is 2.53. The van der Waals surface area contributed by atoms with E-state index in [9.17, 15) is 14.0 Å². The molecule has 0 bridgehead atoms. The van der Waals surface area contributed by atoms with Gasteiger partial charge in [0, 0.05) is 36.7 Å². The second-order valence-electron chi connectivity index (χ2n) is 6.80. The Bertz CT molecular complexity index is 1030. The maximum Gasteiger partial charge on any atom is 0.338 e. The molecule has 0 aliphatic carbocycles. The summed E-state index contributed by atoms with van der Waals surface area (Å²) in [6, 6.07) is 13.3. The predicted octanol–water partition coefficient (Wildman–Crippen LogP) is 3.85. The van der Waals surface area contributed by atoms with Crippen LogP contribution in [0.5, 0.6) is 0 Å². The topological polar surface area (TPSA) is 59.5 Å². The Kier molecular flexibility index (Phi) is 5.02. The molecule has 0 atom stereocenters. The number of rotatable bonds is 5. The fraction of sp³-hybridized carbons (Fsp3) is 0.227. The molecular formula is C22H19FN2O3. The van der Waals surface area contributed by atoms with E-state index in [-0.39, 0.29) is 18.3 Å². The Morgan fingerprint density at radius 1 is 1.14 bits per heavy atom. The molecule has 5 nitrogen and oxygen atoms in total. The first-order valence-corrected chi connectivity index (χ1v) is 9.18. The number of ether oxygens (including phenoxy) is 1. The van der Waals surface area contributed by atoms with Gasteiger partial charge in [-0.1, -0.05) is 18.2 Å². The number of esters is 1. The zero-order valence-electron chi connectivity index (χ0n) is 15.2. The molecule has 0 radical (unpaired) electrons. The van der Waals surface area contributed by atoms with E-state index < -0.39 is 5.97 Å². The van der Waals surface area contributed by atoms with E-state index in [1.165, 1.54) is 6.07 Å². The number of benzene rings is 2. The SMILES string of the molecule is O=C(OCc1ccc(F)c2cccnc12)c1ccc(CN2CCCC2=O)cc1. The maximum atomic E-state index is 13.9. The minimum absolute atomic E-state index is 0.0106. The van der Waals surface area contributed by atoms with Crippen LogP contribution in [0.3, 0.4) is 0 Å². The first kappa shape index (κ1) is 18.1. The summed E-state index contributed by atoms with van der Waals surface area (Å²) in [4.78, 5) is 30.1. The van der Waals surface area contributed by atoms with Gasteiger partial charge < -0.3 is 9.64 Å². The highest BCUT2D eigenvalue weighted by Gasteiger charge is 2.20. The standard InChI is InChI=1S/C22H19FN2O3/c23-19-10-9-17(21-18(19)3-1-11-24-21)14-28-22(27)16-7-5-15(6-8-16)13-25-12-2-4-20(25)26/h1,3,5-11H,2,4,12-14H2. The van der Waals surface area contributed by atoms with Crippen molar-refractivity contribution >= 4 is 22.8 Å². The normalized spacial score (nSPS) is 13.9. The average molecular weight is 378 g/mol. The van der Waals surface area contributed by atoms with Crippen LogP contribution >= 0.6 is 0 Å². The highest BCUT2D eigenvalue weighted by molar-refractivity contribution is 5.89. The average Bonchev–Trinajstić information content (AvgIpc) is 3.12. The zero-order chi connectivity index (χ0) is 19.5. The number of nitrogens with zero attached hydrogens (tertiary/aromatic N) is 2. The first-order valence-electron chi connectivity index (χ1n) is 9.18. The van der Waals surface area contributed by atoms with Gasteiger partial charge in [0.25, 0.3) is 0 Å². The molecule has 0 saturated carbocycles. The van der Waals surface area contributed by atoms with Crippen LogP contribution in [0.2, 0.25) is 0 Å². The van der Waals surface area contributed by atoms with Crippen molar-refractivity contribution in [3.63, 3.8) is 0 Å². The first-order chi connectivity index (χ1) is 13.6. The van der Waals surface area contributed by atoms with Crippen molar-refractivity contribution in [2.24, 2.45) is 0 Å². The van der Waals surface area contributed by atoms with Crippen molar-refractivity contribution in [2.75, 3.05) is 6.54 Å². The summed E-state index contributed by atoms with van der Waals surface area (Å²) >= 11 is 0. The molecule has 1 aliphatic rings. The lowest BCUT2D eigenvalue weighted by molar-refractivity contribution is -0.128. The summed E-state index contributed by atoms with van der Waals surface area (Å²) in [5.74, 6) is -0.647. The Hall–Kier alpha value is -3.28. The number of likely N-dealkylation sites (tertiary alicyclic amines) is 1. The van der Waals surface area contributed by atoms with Crippen molar-refractivity contribution in [3.05, 3.63) is 77.2 Å². The van der Waals surface area contributed by atoms with Crippen molar-refractivity contribution < 1.29 is 18.7 Å². The predicted molar refractivity (Wildman–Crippen MR) is 102 cm³/mol. The number of amides is 1. The largest absolute Gasteiger partial charge is 0.457 e. The molecule has 3 aromatic rings. The number of aromatic nitrogens is 1. The number of hydrogen-bond donors (Lipinski definition) is 0. The Morgan fingerprint density at radius 3 is 2.71 bits per heavy atom. The quantitative estimate of drug-likeness (QED) is 0.633. The van der Waals surface area contributed by atoms with Crippen molar-refractivity contribution in [1.82, 2.24) is 9.88 Å². The number of carbonyl (C=O) groups excluding carboxylic acids is 2. The number of fused-ring (bicyclic) bond motifs is 1. The van der Waals surface area contributed by atoms with E-state index in [2.05, 4.69) is 4.98 Å². The number of halogens is 1. The van der Waals surface area contributed by atoms with Gasteiger partial charge >= 0.3 is 5.97 Å². The highest BCUT2D eigenvalue weighted by atomic mass is 19.1. The highest BCUT2D eigenvalue weighted by Crippen LogP contribution is 2.21. The molecular weight excluding hydrogens is 359 g/mol. The Balaban J connectivity index is 1.42. The van der Waals surface area contributed by atoms with Crippen LogP contribution in [0, 0.1) is 5.82 Å². The minimum Gasteiger partial charge on any atom is -0.457 e. The molecule has 1 fully saturated rings. The number of hydrogen-bond acceptors (Lipinski definition) is 4.